The van der Waals surface area contributed by atoms with Crippen LogP contribution >= 0.6 is 0 Å². The van der Waals surface area contributed by atoms with E-state index in [0.29, 0.717) is 11.5 Å². The third kappa shape index (κ3) is 4.79. The summed E-state index contributed by atoms with van der Waals surface area (Å²) in [6, 6.07) is 15.2. The van der Waals surface area contributed by atoms with Gasteiger partial charge in [-0.05, 0) is 55.7 Å². The van der Waals surface area contributed by atoms with Crippen molar-refractivity contribution in [2.75, 3.05) is 23.8 Å². The summed E-state index contributed by atoms with van der Waals surface area (Å²) in [6.45, 7) is 1.60. The molecule has 0 aromatic heterocycles. The van der Waals surface area contributed by atoms with Crippen LogP contribution in [-0.2, 0) is 4.79 Å². The molecular formula is C19H21FN4O. The average Bonchev–Trinajstić information content (AvgIpc) is 2.65. The molecule has 130 valence electrons. The van der Waals surface area contributed by atoms with Crippen LogP contribution in [0, 0.1) is 5.82 Å². The summed E-state index contributed by atoms with van der Waals surface area (Å²) in [7, 11) is 0. The first-order chi connectivity index (χ1) is 12.2. The molecule has 1 heterocycles. The highest BCUT2D eigenvalue weighted by Gasteiger charge is 2.22. The number of anilines is 2. The number of carbonyl (C=O) groups is 1. The Balaban J connectivity index is 1.77. The summed E-state index contributed by atoms with van der Waals surface area (Å²) in [4.78, 5) is 14.7. The van der Waals surface area contributed by atoms with Gasteiger partial charge in [0.15, 0.2) is 0 Å². The number of rotatable bonds is 3. The third-order valence-corrected chi connectivity index (χ3v) is 4.03. The quantitative estimate of drug-likeness (QED) is 0.509. The Bertz CT molecular complexity index is 725. The molecule has 1 aliphatic heterocycles. The molecule has 0 radical (unpaired) electrons. The Morgan fingerprint density at radius 2 is 1.60 bits per heavy atom. The van der Waals surface area contributed by atoms with Crippen molar-refractivity contribution in [2.24, 2.45) is 5.10 Å². The van der Waals surface area contributed by atoms with E-state index in [9.17, 15) is 9.18 Å². The van der Waals surface area contributed by atoms with E-state index in [4.69, 9.17) is 0 Å². The number of halogens is 1. The Hall–Kier alpha value is -2.89. The predicted molar refractivity (Wildman–Crippen MR) is 98.0 cm³/mol. The van der Waals surface area contributed by atoms with Crippen LogP contribution in [0.25, 0.3) is 0 Å². The lowest BCUT2D eigenvalue weighted by atomic mass is 10.1. The predicted octanol–water partition coefficient (Wildman–Crippen LogP) is 3.68. The number of para-hydroxylation sites is 1. The van der Waals surface area contributed by atoms with Crippen molar-refractivity contribution in [1.29, 1.82) is 0 Å². The van der Waals surface area contributed by atoms with Gasteiger partial charge < -0.3 is 10.2 Å². The van der Waals surface area contributed by atoms with Gasteiger partial charge in [-0.15, -0.1) is 0 Å². The lowest BCUT2D eigenvalue weighted by Gasteiger charge is -2.28. The van der Waals surface area contributed by atoms with E-state index in [1.165, 1.54) is 12.1 Å². The monoisotopic (exact) mass is 340 g/mol. The fourth-order valence-corrected chi connectivity index (χ4v) is 2.72. The van der Waals surface area contributed by atoms with Crippen molar-refractivity contribution in [3.05, 3.63) is 60.4 Å². The van der Waals surface area contributed by atoms with E-state index in [0.717, 1.165) is 38.0 Å². The minimum absolute atomic E-state index is 0.261. The third-order valence-electron chi connectivity index (χ3n) is 4.03. The molecule has 5 nitrogen and oxygen atoms in total. The number of likely N-dealkylation sites (tertiary alicyclic amines) is 1. The molecule has 2 aromatic carbocycles. The number of hydrogen-bond donors (Lipinski definition) is 2. The van der Waals surface area contributed by atoms with E-state index in [2.05, 4.69) is 15.8 Å². The second-order valence-electron chi connectivity index (χ2n) is 5.92. The van der Waals surface area contributed by atoms with Crippen molar-refractivity contribution in [1.82, 2.24) is 4.90 Å². The Morgan fingerprint density at radius 3 is 2.28 bits per heavy atom. The minimum atomic E-state index is -0.312. The number of hydrogen-bond acceptors (Lipinski definition) is 3. The SMILES string of the molecule is O=C(Nc1ccccc1)/C(=N\Nc1ccc(F)cc1)N1CCCCC1. The first kappa shape index (κ1) is 17.0. The molecule has 0 saturated carbocycles. The lowest BCUT2D eigenvalue weighted by molar-refractivity contribution is -0.111. The summed E-state index contributed by atoms with van der Waals surface area (Å²) in [5.74, 6) is -0.233. The molecule has 1 aliphatic rings. The van der Waals surface area contributed by atoms with Crippen LogP contribution in [-0.4, -0.2) is 29.7 Å². The normalized spacial score (nSPS) is 14.9. The fourth-order valence-electron chi connectivity index (χ4n) is 2.72. The number of benzene rings is 2. The number of hydrazone groups is 1. The second-order valence-corrected chi connectivity index (χ2v) is 5.92. The molecule has 1 saturated heterocycles. The van der Waals surface area contributed by atoms with Gasteiger partial charge in [-0.1, -0.05) is 18.2 Å². The van der Waals surface area contributed by atoms with E-state index in [-0.39, 0.29) is 11.7 Å². The van der Waals surface area contributed by atoms with Gasteiger partial charge in [0, 0.05) is 18.8 Å². The number of amidine groups is 1. The Morgan fingerprint density at radius 1 is 0.920 bits per heavy atom. The van der Waals surface area contributed by atoms with Gasteiger partial charge >= 0.3 is 0 Å². The van der Waals surface area contributed by atoms with Crippen LogP contribution in [0.4, 0.5) is 15.8 Å². The van der Waals surface area contributed by atoms with Crippen LogP contribution in [0.15, 0.2) is 59.7 Å². The highest BCUT2D eigenvalue weighted by Crippen LogP contribution is 2.13. The Labute approximate surface area is 146 Å². The molecule has 0 bridgehead atoms. The van der Waals surface area contributed by atoms with Crippen molar-refractivity contribution >= 4 is 23.1 Å². The zero-order valence-electron chi connectivity index (χ0n) is 13.9. The van der Waals surface area contributed by atoms with Gasteiger partial charge in [0.1, 0.15) is 5.82 Å². The molecule has 2 N–H and O–H groups in total. The van der Waals surface area contributed by atoms with Crippen LogP contribution < -0.4 is 10.7 Å². The molecule has 0 aliphatic carbocycles. The molecule has 3 rings (SSSR count). The standard InChI is InChI=1S/C19H21FN4O/c20-15-9-11-17(12-10-15)22-23-18(24-13-5-2-6-14-24)19(25)21-16-7-3-1-4-8-16/h1,3-4,7-12,22H,2,5-6,13-14H2,(H,21,25)/b23-18+. The minimum Gasteiger partial charge on any atom is -0.351 e. The molecule has 25 heavy (non-hydrogen) atoms. The molecule has 1 fully saturated rings. The zero-order valence-corrected chi connectivity index (χ0v) is 13.9. The van der Waals surface area contributed by atoms with Crippen molar-refractivity contribution < 1.29 is 9.18 Å². The summed E-state index contributed by atoms with van der Waals surface area (Å²) in [5.41, 5.74) is 4.20. The fraction of sp³-hybridized carbons (Fsp3) is 0.263. The van der Waals surface area contributed by atoms with Crippen LogP contribution in [0.2, 0.25) is 0 Å². The topological polar surface area (TPSA) is 56.7 Å². The summed E-state index contributed by atoms with van der Waals surface area (Å²) in [6.07, 6.45) is 3.23. The largest absolute Gasteiger partial charge is 0.351 e. The number of nitrogens with one attached hydrogen (secondary N) is 2. The van der Waals surface area contributed by atoms with Crippen LogP contribution in [0.3, 0.4) is 0 Å². The molecule has 0 unspecified atom stereocenters. The average molecular weight is 340 g/mol. The van der Waals surface area contributed by atoms with Gasteiger partial charge in [0.2, 0.25) is 5.84 Å². The number of amides is 1. The molecule has 0 atom stereocenters. The first-order valence-electron chi connectivity index (χ1n) is 8.43. The molecule has 6 heteroatoms. The summed E-state index contributed by atoms with van der Waals surface area (Å²) >= 11 is 0. The highest BCUT2D eigenvalue weighted by molar-refractivity contribution is 6.42. The summed E-state index contributed by atoms with van der Waals surface area (Å²) in [5, 5.41) is 7.17. The smallest absolute Gasteiger partial charge is 0.293 e. The maximum Gasteiger partial charge on any atom is 0.293 e. The highest BCUT2D eigenvalue weighted by atomic mass is 19.1. The zero-order chi connectivity index (χ0) is 17.5. The van der Waals surface area contributed by atoms with Crippen LogP contribution in [0.1, 0.15) is 19.3 Å². The van der Waals surface area contributed by atoms with Crippen molar-refractivity contribution in [2.45, 2.75) is 19.3 Å². The Kier molecular flexibility index (Phi) is 5.61. The maximum atomic E-state index is 13.0. The van der Waals surface area contributed by atoms with Gasteiger partial charge in [0.25, 0.3) is 5.91 Å². The van der Waals surface area contributed by atoms with Crippen LogP contribution in [0.5, 0.6) is 0 Å². The first-order valence-corrected chi connectivity index (χ1v) is 8.43. The molecule has 1 amide bonds. The van der Waals surface area contributed by atoms with Gasteiger partial charge in [-0.2, -0.15) is 5.10 Å². The maximum absolute atomic E-state index is 13.0. The van der Waals surface area contributed by atoms with E-state index >= 15 is 0 Å². The van der Waals surface area contributed by atoms with Gasteiger partial charge in [0.05, 0.1) is 5.69 Å². The van der Waals surface area contributed by atoms with E-state index in [1.54, 1.807) is 12.1 Å². The molecular weight excluding hydrogens is 319 g/mol. The van der Waals surface area contributed by atoms with Gasteiger partial charge in [-0.3, -0.25) is 10.2 Å². The molecule has 0 spiro atoms. The number of carbonyl (C=O) groups excluding carboxylic acids is 1. The lowest BCUT2D eigenvalue weighted by Crippen LogP contribution is -2.43. The summed E-state index contributed by atoms with van der Waals surface area (Å²) < 4.78 is 13.0. The second kappa shape index (κ2) is 8.28. The number of nitrogens with zero attached hydrogens (tertiary/aromatic N) is 2. The molecule has 2 aromatic rings. The van der Waals surface area contributed by atoms with Gasteiger partial charge in [-0.25, -0.2) is 4.39 Å². The van der Waals surface area contributed by atoms with E-state index in [1.807, 2.05) is 35.2 Å². The van der Waals surface area contributed by atoms with Crippen molar-refractivity contribution in [3.8, 4) is 0 Å². The number of piperidine rings is 1. The van der Waals surface area contributed by atoms with Crippen molar-refractivity contribution in [3.63, 3.8) is 0 Å². The van der Waals surface area contributed by atoms with E-state index < -0.39 is 0 Å².